The summed E-state index contributed by atoms with van der Waals surface area (Å²) < 4.78 is 4.61. The van der Waals surface area contributed by atoms with Gasteiger partial charge in [0.05, 0.1) is 11.4 Å². The number of rotatable bonds is 6. The van der Waals surface area contributed by atoms with E-state index in [9.17, 15) is 0 Å². The second kappa shape index (κ2) is 10.9. The minimum Gasteiger partial charge on any atom is -0.344 e. The molecular formula is C37H30Cl2N4+2. The van der Waals surface area contributed by atoms with Crippen LogP contribution in [0.1, 0.15) is 11.1 Å². The van der Waals surface area contributed by atoms with E-state index in [1.54, 1.807) is 0 Å². The van der Waals surface area contributed by atoms with E-state index in [2.05, 4.69) is 131 Å². The summed E-state index contributed by atoms with van der Waals surface area (Å²) in [6, 6.07) is 42.2. The number of pyridine rings is 2. The molecule has 0 amide bonds. The van der Waals surface area contributed by atoms with Crippen LogP contribution >= 0.6 is 23.2 Å². The largest absolute Gasteiger partial charge is 0.414 e. The molecule has 0 unspecified atom stereocenters. The Morgan fingerprint density at radius 3 is 1.19 bits per heavy atom. The smallest absolute Gasteiger partial charge is 0.344 e. The molecule has 2 aromatic heterocycles. The molecule has 0 fully saturated rings. The highest BCUT2D eigenvalue weighted by Crippen LogP contribution is 2.36. The molecule has 7 rings (SSSR count). The van der Waals surface area contributed by atoms with Crippen molar-refractivity contribution in [1.29, 1.82) is 0 Å². The molecule has 0 saturated carbocycles. The van der Waals surface area contributed by atoms with Crippen LogP contribution in [0, 0.1) is 0 Å². The molecule has 0 spiro atoms. The summed E-state index contributed by atoms with van der Waals surface area (Å²) in [6.07, 6.45) is 8.70. The van der Waals surface area contributed by atoms with Gasteiger partial charge in [0.1, 0.15) is 11.1 Å². The summed E-state index contributed by atoms with van der Waals surface area (Å²) in [5.41, 5.74) is 8.42. The molecule has 4 bridgehead atoms. The van der Waals surface area contributed by atoms with Gasteiger partial charge in [0.2, 0.25) is 0 Å². The molecule has 43 heavy (non-hydrogen) atoms. The van der Waals surface area contributed by atoms with Crippen LogP contribution < -0.4 is 18.9 Å². The minimum atomic E-state index is -0.655. The zero-order valence-electron chi connectivity index (χ0n) is 23.9. The zero-order valence-corrected chi connectivity index (χ0v) is 25.4. The van der Waals surface area contributed by atoms with E-state index in [-0.39, 0.29) is 0 Å². The molecule has 1 aliphatic carbocycles. The quantitative estimate of drug-likeness (QED) is 0.178. The van der Waals surface area contributed by atoms with Crippen molar-refractivity contribution in [3.63, 3.8) is 0 Å². The Morgan fingerprint density at radius 1 is 0.465 bits per heavy atom. The Hall–Kier alpha value is -4.64. The number of hydrogen-bond acceptors (Lipinski definition) is 2. The van der Waals surface area contributed by atoms with Gasteiger partial charge >= 0.3 is 5.66 Å². The molecule has 0 N–H and O–H groups in total. The first-order valence-electron chi connectivity index (χ1n) is 14.2. The Morgan fingerprint density at radius 2 is 0.814 bits per heavy atom. The van der Waals surface area contributed by atoms with Crippen LogP contribution in [-0.2, 0) is 5.66 Å². The Bertz CT molecular complexity index is 1760. The molecular weight excluding hydrogens is 571 g/mol. The normalized spacial score (nSPS) is 12.8. The van der Waals surface area contributed by atoms with Crippen LogP contribution in [0.4, 0.5) is 22.7 Å². The molecule has 4 aromatic carbocycles. The molecule has 4 nitrogen and oxygen atoms in total. The van der Waals surface area contributed by atoms with E-state index in [1.807, 2.05) is 48.5 Å². The lowest BCUT2D eigenvalue weighted by molar-refractivity contribution is -0.971. The highest BCUT2D eigenvalue weighted by atomic mass is 35.5. The first-order valence-corrected chi connectivity index (χ1v) is 14.9. The fraction of sp³-hybridized carbons (Fsp3) is 0.0811. The first-order chi connectivity index (χ1) is 20.9. The van der Waals surface area contributed by atoms with Gasteiger partial charge in [-0.1, -0.05) is 47.5 Å². The third-order valence-electron chi connectivity index (χ3n) is 8.44. The van der Waals surface area contributed by atoms with Crippen LogP contribution in [0.2, 0.25) is 10.0 Å². The van der Waals surface area contributed by atoms with Crippen LogP contribution in [0.5, 0.6) is 0 Å². The summed E-state index contributed by atoms with van der Waals surface area (Å²) in [4.78, 5) is 4.33. The maximum absolute atomic E-state index is 6.14. The average Bonchev–Trinajstić information content (AvgIpc) is 3.11. The van der Waals surface area contributed by atoms with Gasteiger partial charge in [-0.3, -0.25) is 0 Å². The summed E-state index contributed by atoms with van der Waals surface area (Å²) in [6.45, 7) is 0. The van der Waals surface area contributed by atoms with Gasteiger partial charge in [-0.25, -0.2) is 0 Å². The number of benzene rings is 4. The first kappa shape index (κ1) is 27.2. The average molecular weight is 602 g/mol. The third kappa shape index (κ3) is 4.73. The van der Waals surface area contributed by atoms with Crippen molar-refractivity contribution in [2.75, 3.05) is 23.9 Å². The van der Waals surface area contributed by atoms with Crippen molar-refractivity contribution >= 4 is 46.0 Å². The molecule has 6 heteroatoms. The van der Waals surface area contributed by atoms with Crippen LogP contribution in [-0.4, -0.2) is 14.1 Å². The SMILES string of the molecule is CN(c1ccc(Cl)cc1)c1cc[n+](C2([n+]3ccc(N(C)c4ccc(Cl)cc4)cc3)c3cccc(c3)-c3cccc2c3)cc1. The standard InChI is InChI=1S/C37H30Cl2N4/c1-40(33-13-9-31(38)10-14-33)35-17-21-42(22-18-35)37(29-7-3-5-27(25-29)28-6-4-8-30(37)26-28)43-23-19-36(20-24-43)41(2)34-15-11-32(39)12-16-34/h3-26H,1-2H3/q+2. The van der Waals surface area contributed by atoms with Gasteiger partial charge in [0.15, 0.2) is 24.8 Å². The Labute approximate surface area is 262 Å². The summed E-state index contributed by atoms with van der Waals surface area (Å²) in [7, 11) is 4.14. The number of fused-ring (bicyclic) bond motifs is 5. The van der Waals surface area contributed by atoms with Crippen LogP contribution in [0.3, 0.4) is 0 Å². The lowest BCUT2D eigenvalue weighted by Gasteiger charge is -2.25. The second-order valence-corrected chi connectivity index (χ2v) is 11.7. The predicted molar refractivity (Wildman–Crippen MR) is 176 cm³/mol. The highest BCUT2D eigenvalue weighted by Gasteiger charge is 2.54. The number of halogens is 2. The third-order valence-corrected chi connectivity index (χ3v) is 8.94. The monoisotopic (exact) mass is 600 g/mol. The van der Waals surface area contributed by atoms with E-state index in [0.717, 1.165) is 32.8 Å². The fourth-order valence-electron chi connectivity index (χ4n) is 6.07. The van der Waals surface area contributed by atoms with Crippen LogP contribution in [0.15, 0.2) is 146 Å². The van der Waals surface area contributed by atoms with E-state index in [4.69, 9.17) is 23.2 Å². The van der Waals surface area contributed by atoms with Crippen molar-refractivity contribution in [2.24, 2.45) is 0 Å². The van der Waals surface area contributed by atoms with Crippen molar-refractivity contribution in [3.05, 3.63) is 167 Å². The lowest BCUT2D eigenvalue weighted by Crippen LogP contribution is -2.74. The van der Waals surface area contributed by atoms with Gasteiger partial charge < -0.3 is 9.80 Å². The summed E-state index contributed by atoms with van der Waals surface area (Å²) >= 11 is 12.3. The molecule has 0 radical (unpaired) electrons. The highest BCUT2D eigenvalue weighted by molar-refractivity contribution is 6.30. The number of hydrogen-bond donors (Lipinski definition) is 0. The Balaban J connectivity index is 1.36. The van der Waals surface area contributed by atoms with Gasteiger partial charge in [-0.15, -0.1) is 9.13 Å². The number of anilines is 4. The molecule has 1 aliphatic rings. The molecule has 0 aliphatic heterocycles. The second-order valence-electron chi connectivity index (χ2n) is 10.8. The maximum Gasteiger partial charge on any atom is 0.414 e. The van der Waals surface area contributed by atoms with E-state index in [0.29, 0.717) is 0 Å². The maximum atomic E-state index is 6.14. The summed E-state index contributed by atoms with van der Waals surface area (Å²) in [5.74, 6) is 0. The number of aromatic nitrogens is 2. The molecule has 210 valence electrons. The minimum absolute atomic E-state index is 0.655. The molecule has 2 heterocycles. The molecule has 0 saturated heterocycles. The fourth-order valence-corrected chi connectivity index (χ4v) is 6.32. The number of nitrogens with zero attached hydrogens (tertiary/aromatic N) is 4. The molecule has 0 atom stereocenters. The van der Waals surface area contributed by atoms with Gasteiger partial charge in [0.25, 0.3) is 0 Å². The van der Waals surface area contributed by atoms with E-state index in [1.165, 1.54) is 22.3 Å². The molecule has 6 aromatic rings. The van der Waals surface area contributed by atoms with Crippen LogP contribution in [0.25, 0.3) is 11.1 Å². The topological polar surface area (TPSA) is 14.2 Å². The predicted octanol–water partition coefficient (Wildman–Crippen LogP) is 8.38. The van der Waals surface area contributed by atoms with Crippen molar-refractivity contribution < 1.29 is 9.13 Å². The van der Waals surface area contributed by atoms with Gasteiger partial charge in [-0.2, -0.15) is 0 Å². The van der Waals surface area contributed by atoms with Crippen molar-refractivity contribution in [2.45, 2.75) is 5.66 Å². The lowest BCUT2D eigenvalue weighted by atomic mass is 9.91. The Kier molecular flexibility index (Phi) is 6.89. The summed E-state index contributed by atoms with van der Waals surface area (Å²) in [5, 5.41) is 1.45. The van der Waals surface area contributed by atoms with Gasteiger partial charge in [-0.05, 0) is 83.9 Å². The van der Waals surface area contributed by atoms with E-state index >= 15 is 0 Å². The zero-order chi connectivity index (χ0) is 29.6. The van der Waals surface area contributed by atoms with Crippen molar-refractivity contribution in [3.8, 4) is 11.1 Å². The van der Waals surface area contributed by atoms with Gasteiger partial charge in [0, 0.05) is 59.8 Å². The van der Waals surface area contributed by atoms with Crippen molar-refractivity contribution in [1.82, 2.24) is 0 Å². The van der Waals surface area contributed by atoms with E-state index < -0.39 is 5.66 Å².